The molecule has 1 aliphatic rings. The van der Waals surface area contributed by atoms with Gasteiger partial charge in [-0.1, -0.05) is 19.4 Å². The predicted octanol–water partition coefficient (Wildman–Crippen LogP) is 2.23. The molecule has 2 amide bonds. The van der Waals surface area contributed by atoms with E-state index in [0.717, 1.165) is 35.8 Å². The van der Waals surface area contributed by atoms with E-state index in [-0.39, 0.29) is 23.2 Å². The lowest BCUT2D eigenvalue weighted by Crippen LogP contribution is -2.48. The topological polar surface area (TPSA) is 101 Å². The van der Waals surface area contributed by atoms with Crippen LogP contribution < -0.4 is 20.7 Å². The highest BCUT2D eigenvalue weighted by molar-refractivity contribution is 7.09. The standard InChI is InChI=1S/C20H27N5O3S/c1-3-4-8-22-19(26)17-16(21)18(29-23-17)20(27)25-11-9-24(10-12-25)14-6-5-7-15(13-14)28-2/h5-7,13H,3-4,8-12,21H2,1-2H3,(H,22,26). The summed E-state index contributed by atoms with van der Waals surface area (Å²) >= 11 is 0.990. The zero-order valence-electron chi connectivity index (χ0n) is 16.8. The highest BCUT2D eigenvalue weighted by Crippen LogP contribution is 2.26. The first-order valence-electron chi connectivity index (χ1n) is 9.76. The van der Waals surface area contributed by atoms with Crippen LogP contribution in [0.15, 0.2) is 24.3 Å². The lowest BCUT2D eigenvalue weighted by molar-refractivity contribution is 0.0752. The van der Waals surface area contributed by atoms with Crippen molar-refractivity contribution in [1.29, 1.82) is 0 Å². The Balaban J connectivity index is 1.61. The van der Waals surface area contributed by atoms with E-state index in [1.807, 2.05) is 31.2 Å². The van der Waals surface area contributed by atoms with Gasteiger partial charge in [0.25, 0.3) is 11.8 Å². The van der Waals surface area contributed by atoms with Gasteiger partial charge < -0.3 is 25.6 Å². The molecular formula is C20H27N5O3S. The Bertz CT molecular complexity index is 862. The molecule has 29 heavy (non-hydrogen) atoms. The van der Waals surface area contributed by atoms with Crippen LogP contribution in [0.25, 0.3) is 0 Å². The second-order valence-electron chi connectivity index (χ2n) is 6.86. The number of anilines is 2. The van der Waals surface area contributed by atoms with Gasteiger partial charge in [-0.05, 0) is 30.1 Å². The van der Waals surface area contributed by atoms with Gasteiger partial charge in [-0.15, -0.1) is 0 Å². The number of carbonyl (C=O) groups is 2. The maximum Gasteiger partial charge on any atom is 0.273 e. The minimum atomic E-state index is -0.325. The molecule has 0 unspecified atom stereocenters. The fraction of sp³-hybridized carbons (Fsp3) is 0.450. The Morgan fingerprint density at radius 2 is 2.03 bits per heavy atom. The number of carbonyl (C=O) groups excluding carboxylic acids is 2. The molecular weight excluding hydrogens is 390 g/mol. The van der Waals surface area contributed by atoms with E-state index >= 15 is 0 Å². The van der Waals surface area contributed by atoms with E-state index in [1.165, 1.54) is 0 Å². The second kappa shape index (κ2) is 9.60. The largest absolute Gasteiger partial charge is 0.497 e. The molecule has 1 saturated heterocycles. The predicted molar refractivity (Wildman–Crippen MR) is 115 cm³/mol. The van der Waals surface area contributed by atoms with Crippen LogP contribution in [0.2, 0.25) is 0 Å². The van der Waals surface area contributed by atoms with Crippen LogP contribution in [-0.2, 0) is 0 Å². The van der Waals surface area contributed by atoms with Crippen molar-refractivity contribution >= 4 is 34.7 Å². The molecule has 0 aliphatic carbocycles. The molecule has 2 heterocycles. The number of piperazine rings is 1. The minimum absolute atomic E-state index is 0.143. The molecule has 0 spiro atoms. The fourth-order valence-corrected chi connectivity index (χ4v) is 3.96. The highest BCUT2D eigenvalue weighted by atomic mass is 32.1. The van der Waals surface area contributed by atoms with E-state index in [2.05, 4.69) is 14.6 Å². The lowest BCUT2D eigenvalue weighted by Gasteiger charge is -2.36. The summed E-state index contributed by atoms with van der Waals surface area (Å²) in [5.41, 5.74) is 7.46. The molecule has 1 aromatic carbocycles. The average Bonchev–Trinajstić information content (AvgIpc) is 3.15. The van der Waals surface area contributed by atoms with Crippen LogP contribution in [-0.4, -0.2) is 60.9 Å². The number of unbranched alkanes of at least 4 members (excludes halogenated alkanes) is 1. The van der Waals surface area contributed by atoms with Gasteiger partial charge in [0.1, 0.15) is 10.6 Å². The Morgan fingerprint density at radius 3 is 2.72 bits per heavy atom. The summed E-state index contributed by atoms with van der Waals surface area (Å²) in [7, 11) is 1.65. The third-order valence-corrected chi connectivity index (χ3v) is 5.79. The van der Waals surface area contributed by atoms with Crippen molar-refractivity contribution in [3.63, 3.8) is 0 Å². The number of hydrogen-bond acceptors (Lipinski definition) is 7. The summed E-state index contributed by atoms with van der Waals surface area (Å²) in [6, 6.07) is 7.88. The van der Waals surface area contributed by atoms with Gasteiger partial charge in [-0.25, -0.2) is 0 Å². The van der Waals surface area contributed by atoms with E-state index in [4.69, 9.17) is 10.5 Å². The van der Waals surface area contributed by atoms with Gasteiger partial charge in [-0.3, -0.25) is 9.59 Å². The summed E-state index contributed by atoms with van der Waals surface area (Å²) < 4.78 is 9.41. The first-order chi connectivity index (χ1) is 14.0. The maximum atomic E-state index is 12.9. The van der Waals surface area contributed by atoms with E-state index in [0.29, 0.717) is 37.6 Å². The Hall–Kier alpha value is -2.81. The Labute approximate surface area is 174 Å². The Kier molecular flexibility index (Phi) is 6.92. The van der Waals surface area contributed by atoms with Crippen molar-refractivity contribution in [1.82, 2.24) is 14.6 Å². The van der Waals surface area contributed by atoms with Crippen LogP contribution in [0.3, 0.4) is 0 Å². The number of methoxy groups -OCH3 is 1. The fourth-order valence-electron chi connectivity index (χ4n) is 3.20. The SMILES string of the molecule is CCCCNC(=O)c1nsc(C(=O)N2CCN(c3cccc(OC)c3)CC2)c1N. The van der Waals surface area contributed by atoms with Crippen LogP contribution in [0.5, 0.6) is 5.75 Å². The Morgan fingerprint density at radius 1 is 1.28 bits per heavy atom. The van der Waals surface area contributed by atoms with Gasteiger partial charge in [-0.2, -0.15) is 4.37 Å². The minimum Gasteiger partial charge on any atom is -0.497 e. The quantitative estimate of drug-likeness (QED) is 0.670. The number of nitrogen functional groups attached to an aromatic ring is 1. The molecule has 0 bridgehead atoms. The number of benzene rings is 1. The summed E-state index contributed by atoms with van der Waals surface area (Å²) in [5, 5.41) is 2.79. The number of aromatic nitrogens is 1. The number of nitrogens with one attached hydrogen (secondary N) is 1. The van der Waals surface area contributed by atoms with Crippen molar-refractivity contribution in [2.24, 2.45) is 0 Å². The van der Waals surface area contributed by atoms with Gasteiger partial charge in [0.2, 0.25) is 0 Å². The number of ether oxygens (including phenoxy) is 1. The zero-order valence-corrected chi connectivity index (χ0v) is 17.6. The van der Waals surface area contributed by atoms with E-state index in [1.54, 1.807) is 12.0 Å². The van der Waals surface area contributed by atoms with E-state index < -0.39 is 0 Å². The maximum absolute atomic E-state index is 12.9. The van der Waals surface area contributed by atoms with Crippen molar-refractivity contribution in [2.45, 2.75) is 19.8 Å². The number of nitrogens with zero attached hydrogens (tertiary/aromatic N) is 3. The third-order valence-electron chi connectivity index (χ3n) is 4.94. The molecule has 0 radical (unpaired) electrons. The van der Waals surface area contributed by atoms with Gasteiger partial charge >= 0.3 is 0 Å². The molecule has 8 nitrogen and oxygen atoms in total. The van der Waals surface area contributed by atoms with Gasteiger partial charge in [0.15, 0.2) is 5.69 Å². The van der Waals surface area contributed by atoms with Crippen molar-refractivity contribution in [2.75, 3.05) is 50.5 Å². The lowest BCUT2D eigenvalue weighted by atomic mass is 10.2. The molecule has 9 heteroatoms. The molecule has 156 valence electrons. The van der Waals surface area contributed by atoms with Crippen LogP contribution in [0.4, 0.5) is 11.4 Å². The van der Waals surface area contributed by atoms with Crippen LogP contribution >= 0.6 is 11.5 Å². The summed E-state index contributed by atoms with van der Waals surface area (Å²) in [6.45, 7) is 5.19. The van der Waals surface area contributed by atoms with Gasteiger partial charge in [0, 0.05) is 44.5 Å². The zero-order chi connectivity index (χ0) is 20.8. The number of hydrogen-bond donors (Lipinski definition) is 2. The molecule has 1 fully saturated rings. The molecule has 3 N–H and O–H groups in total. The van der Waals surface area contributed by atoms with Gasteiger partial charge in [0.05, 0.1) is 12.8 Å². The number of nitrogens with two attached hydrogens (primary N) is 1. The van der Waals surface area contributed by atoms with Crippen LogP contribution in [0.1, 0.15) is 39.9 Å². The second-order valence-corrected chi connectivity index (χ2v) is 7.64. The van der Waals surface area contributed by atoms with Crippen molar-refractivity contribution in [3.8, 4) is 5.75 Å². The van der Waals surface area contributed by atoms with E-state index in [9.17, 15) is 9.59 Å². The monoisotopic (exact) mass is 417 g/mol. The molecule has 3 rings (SSSR count). The normalized spacial score (nSPS) is 14.0. The third kappa shape index (κ3) is 4.79. The summed E-state index contributed by atoms with van der Waals surface area (Å²) in [5.74, 6) is 0.315. The average molecular weight is 418 g/mol. The molecule has 1 aromatic heterocycles. The smallest absolute Gasteiger partial charge is 0.273 e. The van der Waals surface area contributed by atoms with Crippen molar-refractivity contribution in [3.05, 3.63) is 34.8 Å². The first kappa shape index (κ1) is 20.9. The number of rotatable bonds is 7. The summed E-state index contributed by atoms with van der Waals surface area (Å²) in [4.78, 5) is 29.4. The number of amides is 2. The highest BCUT2D eigenvalue weighted by Gasteiger charge is 2.28. The molecule has 1 aliphatic heterocycles. The molecule has 0 atom stereocenters. The first-order valence-corrected chi connectivity index (χ1v) is 10.5. The van der Waals surface area contributed by atoms with Crippen LogP contribution in [0, 0.1) is 0 Å². The molecule has 0 saturated carbocycles. The molecule has 2 aromatic rings. The summed E-state index contributed by atoms with van der Waals surface area (Å²) in [6.07, 6.45) is 1.87. The van der Waals surface area contributed by atoms with Crippen molar-refractivity contribution < 1.29 is 14.3 Å².